The van der Waals surface area contributed by atoms with E-state index < -0.39 is 5.82 Å². The van der Waals surface area contributed by atoms with E-state index in [1.54, 1.807) is 0 Å². The Labute approximate surface area is 90.1 Å². The molecule has 0 bridgehead atoms. The fourth-order valence-corrected chi connectivity index (χ4v) is 1.66. The lowest BCUT2D eigenvalue weighted by atomic mass is 10.1. The molecule has 0 aromatic heterocycles. The summed E-state index contributed by atoms with van der Waals surface area (Å²) in [6, 6.07) is 1.36. The second kappa shape index (κ2) is 4.72. The van der Waals surface area contributed by atoms with Crippen LogP contribution >= 0.6 is 15.9 Å². The van der Waals surface area contributed by atoms with E-state index in [0.717, 1.165) is 5.56 Å². The maximum absolute atomic E-state index is 13.4. The van der Waals surface area contributed by atoms with Crippen molar-refractivity contribution in [3.63, 3.8) is 0 Å². The molecule has 0 aliphatic rings. The van der Waals surface area contributed by atoms with E-state index in [2.05, 4.69) is 20.8 Å². The molecule has 0 unspecified atom stereocenters. The number of hydrogen-bond acceptors (Lipinski definition) is 3. The first-order valence-corrected chi connectivity index (χ1v) is 4.74. The molecule has 3 nitrogen and oxygen atoms in total. The molecule has 0 atom stereocenters. The molecular formula is C9H11BrFNO2. The SMILES string of the molecule is COc1c(F)cc(Br)c(C)c1CON. The van der Waals surface area contributed by atoms with Gasteiger partial charge in [0.2, 0.25) is 0 Å². The van der Waals surface area contributed by atoms with Crippen molar-refractivity contribution in [2.24, 2.45) is 5.90 Å². The fourth-order valence-electron chi connectivity index (χ4n) is 1.22. The molecule has 0 saturated carbocycles. The lowest BCUT2D eigenvalue weighted by Crippen LogP contribution is -2.05. The van der Waals surface area contributed by atoms with Gasteiger partial charge in [0.05, 0.1) is 13.7 Å². The quantitative estimate of drug-likeness (QED) is 0.852. The van der Waals surface area contributed by atoms with E-state index >= 15 is 0 Å². The molecular weight excluding hydrogens is 253 g/mol. The molecule has 2 N–H and O–H groups in total. The predicted molar refractivity (Wildman–Crippen MR) is 54.4 cm³/mol. The van der Waals surface area contributed by atoms with Crippen LogP contribution in [0, 0.1) is 12.7 Å². The highest BCUT2D eigenvalue weighted by molar-refractivity contribution is 9.10. The van der Waals surface area contributed by atoms with E-state index in [1.807, 2.05) is 6.92 Å². The van der Waals surface area contributed by atoms with Crippen molar-refractivity contribution in [2.45, 2.75) is 13.5 Å². The number of methoxy groups -OCH3 is 1. The van der Waals surface area contributed by atoms with Crippen molar-refractivity contribution in [3.8, 4) is 5.75 Å². The Kier molecular flexibility index (Phi) is 3.86. The van der Waals surface area contributed by atoms with Gasteiger partial charge in [-0.15, -0.1) is 0 Å². The number of hydrogen-bond donors (Lipinski definition) is 1. The van der Waals surface area contributed by atoms with Gasteiger partial charge in [-0.3, -0.25) is 4.84 Å². The minimum Gasteiger partial charge on any atom is -0.493 e. The maximum Gasteiger partial charge on any atom is 0.166 e. The minimum absolute atomic E-state index is 0.116. The zero-order chi connectivity index (χ0) is 10.7. The maximum atomic E-state index is 13.4. The van der Waals surface area contributed by atoms with E-state index in [0.29, 0.717) is 10.0 Å². The normalized spacial score (nSPS) is 10.4. The minimum atomic E-state index is -0.433. The van der Waals surface area contributed by atoms with Crippen LogP contribution in [0.15, 0.2) is 10.5 Å². The first-order valence-electron chi connectivity index (χ1n) is 3.95. The lowest BCUT2D eigenvalue weighted by molar-refractivity contribution is 0.121. The summed E-state index contributed by atoms with van der Waals surface area (Å²) < 4.78 is 19.0. The molecule has 0 aliphatic heterocycles. The highest BCUT2D eigenvalue weighted by atomic mass is 79.9. The molecule has 0 radical (unpaired) electrons. The average Bonchev–Trinajstić information content (AvgIpc) is 2.14. The summed E-state index contributed by atoms with van der Waals surface area (Å²) in [5.41, 5.74) is 1.47. The summed E-state index contributed by atoms with van der Waals surface area (Å²) in [4.78, 5) is 4.49. The Morgan fingerprint density at radius 3 is 2.71 bits per heavy atom. The van der Waals surface area contributed by atoms with Crippen molar-refractivity contribution in [3.05, 3.63) is 27.5 Å². The van der Waals surface area contributed by atoms with Crippen LogP contribution in [0.2, 0.25) is 0 Å². The summed E-state index contributed by atoms with van der Waals surface area (Å²) >= 11 is 3.24. The number of ether oxygens (including phenoxy) is 1. The molecule has 1 rings (SSSR count). The fraction of sp³-hybridized carbons (Fsp3) is 0.333. The largest absolute Gasteiger partial charge is 0.493 e. The highest BCUT2D eigenvalue weighted by Crippen LogP contribution is 2.31. The molecule has 0 heterocycles. The topological polar surface area (TPSA) is 44.5 Å². The summed E-state index contributed by atoms with van der Waals surface area (Å²) in [6.07, 6.45) is 0. The Morgan fingerprint density at radius 1 is 1.57 bits per heavy atom. The van der Waals surface area contributed by atoms with Gasteiger partial charge in [0.1, 0.15) is 0 Å². The van der Waals surface area contributed by atoms with Crippen molar-refractivity contribution in [1.82, 2.24) is 0 Å². The summed E-state index contributed by atoms with van der Waals surface area (Å²) in [6.45, 7) is 1.95. The molecule has 0 fully saturated rings. The monoisotopic (exact) mass is 263 g/mol. The third-order valence-corrected chi connectivity index (χ3v) is 2.81. The molecule has 1 aromatic carbocycles. The van der Waals surface area contributed by atoms with Gasteiger partial charge in [-0.1, -0.05) is 15.9 Å². The second-order valence-corrected chi connectivity index (χ2v) is 3.64. The Hall–Kier alpha value is -0.650. The Balaban J connectivity index is 3.32. The predicted octanol–water partition coefficient (Wildman–Crippen LogP) is 2.30. The van der Waals surface area contributed by atoms with Gasteiger partial charge < -0.3 is 4.74 Å². The molecule has 0 amide bonds. The van der Waals surface area contributed by atoms with Crippen LogP contribution in [0.5, 0.6) is 5.75 Å². The summed E-state index contributed by atoms with van der Waals surface area (Å²) in [5, 5.41) is 0. The Morgan fingerprint density at radius 2 is 2.21 bits per heavy atom. The first kappa shape index (κ1) is 11.4. The zero-order valence-corrected chi connectivity index (χ0v) is 9.52. The first-order chi connectivity index (χ1) is 6.61. The third-order valence-electron chi connectivity index (χ3n) is 1.99. The molecule has 0 aliphatic carbocycles. The Bertz CT molecular complexity index is 344. The van der Waals surface area contributed by atoms with Gasteiger partial charge in [-0.2, -0.15) is 0 Å². The van der Waals surface area contributed by atoms with E-state index in [1.165, 1.54) is 13.2 Å². The van der Waals surface area contributed by atoms with Gasteiger partial charge in [0, 0.05) is 10.0 Å². The average molecular weight is 264 g/mol. The standard InChI is InChI=1S/C9H11BrFNO2/c1-5-6(4-14-12)9(13-2)8(11)3-7(5)10/h3H,4,12H2,1-2H3. The van der Waals surface area contributed by atoms with Gasteiger partial charge >= 0.3 is 0 Å². The van der Waals surface area contributed by atoms with Crippen LogP contribution in [-0.4, -0.2) is 7.11 Å². The molecule has 0 saturated heterocycles. The molecule has 1 aromatic rings. The van der Waals surface area contributed by atoms with Crippen LogP contribution < -0.4 is 10.6 Å². The van der Waals surface area contributed by atoms with Crippen LogP contribution in [0.1, 0.15) is 11.1 Å². The van der Waals surface area contributed by atoms with Crippen molar-refractivity contribution in [2.75, 3.05) is 7.11 Å². The summed E-state index contributed by atoms with van der Waals surface area (Å²) in [7, 11) is 1.41. The second-order valence-electron chi connectivity index (χ2n) is 2.79. The van der Waals surface area contributed by atoms with Crippen molar-refractivity contribution >= 4 is 15.9 Å². The number of halogens is 2. The van der Waals surface area contributed by atoms with Gasteiger partial charge in [0.25, 0.3) is 0 Å². The van der Waals surface area contributed by atoms with Crippen LogP contribution in [0.25, 0.3) is 0 Å². The van der Waals surface area contributed by atoms with Crippen LogP contribution in [-0.2, 0) is 11.4 Å². The smallest absolute Gasteiger partial charge is 0.166 e. The number of benzene rings is 1. The highest BCUT2D eigenvalue weighted by Gasteiger charge is 2.15. The number of nitrogens with two attached hydrogens (primary N) is 1. The molecule has 14 heavy (non-hydrogen) atoms. The van der Waals surface area contributed by atoms with Crippen LogP contribution in [0.4, 0.5) is 4.39 Å². The molecule has 78 valence electrons. The zero-order valence-electron chi connectivity index (χ0n) is 7.93. The van der Waals surface area contributed by atoms with E-state index in [9.17, 15) is 4.39 Å². The van der Waals surface area contributed by atoms with Gasteiger partial charge in [-0.05, 0) is 18.6 Å². The third kappa shape index (κ3) is 2.05. The van der Waals surface area contributed by atoms with Crippen molar-refractivity contribution < 1.29 is 14.0 Å². The molecule has 0 spiro atoms. The van der Waals surface area contributed by atoms with Crippen molar-refractivity contribution in [1.29, 1.82) is 0 Å². The van der Waals surface area contributed by atoms with E-state index in [4.69, 9.17) is 10.6 Å². The van der Waals surface area contributed by atoms with E-state index in [-0.39, 0.29) is 12.4 Å². The summed E-state index contributed by atoms with van der Waals surface area (Å²) in [5.74, 6) is 4.70. The number of rotatable bonds is 3. The van der Waals surface area contributed by atoms with Gasteiger partial charge in [-0.25, -0.2) is 10.3 Å². The molecule has 5 heteroatoms. The van der Waals surface area contributed by atoms with Crippen LogP contribution in [0.3, 0.4) is 0 Å². The lowest BCUT2D eigenvalue weighted by Gasteiger charge is -2.12. The van der Waals surface area contributed by atoms with Gasteiger partial charge in [0.15, 0.2) is 11.6 Å².